The van der Waals surface area contributed by atoms with Gasteiger partial charge in [-0.3, -0.25) is 0 Å². The number of ether oxygens (including phenoxy) is 3. The van der Waals surface area contributed by atoms with Gasteiger partial charge in [0, 0.05) is 6.61 Å². The van der Waals surface area contributed by atoms with Crippen LogP contribution >= 0.6 is 0 Å². The van der Waals surface area contributed by atoms with E-state index in [9.17, 15) is 0 Å². The first-order valence-corrected chi connectivity index (χ1v) is 3.67. The molecule has 0 bridgehead atoms. The number of epoxide rings is 1. The number of hydrogen-bond acceptors (Lipinski definition) is 3. The van der Waals surface area contributed by atoms with E-state index < -0.39 is 0 Å². The summed E-state index contributed by atoms with van der Waals surface area (Å²) in [6.07, 6.45) is 0.247. The highest BCUT2D eigenvalue weighted by atomic mass is 16.7. The van der Waals surface area contributed by atoms with Crippen LogP contribution in [0.5, 0.6) is 0 Å². The van der Waals surface area contributed by atoms with E-state index in [0.717, 1.165) is 6.61 Å². The molecule has 3 heteroatoms. The average Bonchev–Trinajstić information content (AvgIpc) is 2.67. The molecule has 1 unspecified atom stereocenters. The van der Waals surface area contributed by atoms with E-state index in [1.54, 1.807) is 0 Å². The molecule has 0 aromatic rings. The maximum Gasteiger partial charge on any atom is 0.154 e. The molecule has 0 aromatic heterocycles. The molecular formula is C7H14O3. The van der Waals surface area contributed by atoms with Gasteiger partial charge < -0.3 is 14.2 Å². The van der Waals surface area contributed by atoms with Crippen LogP contribution in [0.1, 0.15) is 13.8 Å². The number of rotatable bonds is 5. The highest BCUT2D eigenvalue weighted by Crippen LogP contribution is 2.09. The monoisotopic (exact) mass is 146 g/mol. The van der Waals surface area contributed by atoms with Crippen molar-refractivity contribution < 1.29 is 14.2 Å². The third kappa shape index (κ3) is 3.15. The largest absolute Gasteiger partial charge is 0.371 e. The third-order valence-corrected chi connectivity index (χ3v) is 1.32. The first kappa shape index (κ1) is 7.98. The molecule has 0 aliphatic carbocycles. The fourth-order valence-electron chi connectivity index (χ4n) is 0.690. The second kappa shape index (κ2) is 3.91. The molecule has 1 heterocycles. The standard InChI is InChI=1S/C7H14O3/c1-3-8-6(2)9-4-7-5-10-7/h6-7H,3-5H2,1-2H3/t6?,7-/m1/s1. The Kier molecular flexibility index (Phi) is 3.12. The SMILES string of the molecule is CCOC(C)OC[C@@H]1CO1. The van der Waals surface area contributed by atoms with Gasteiger partial charge in [0.2, 0.25) is 0 Å². The van der Waals surface area contributed by atoms with Crippen molar-refractivity contribution in [1.29, 1.82) is 0 Å². The van der Waals surface area contributed by atoms with Crippen molar-refractivity contribution in [3.05, 3.63) is 0 Å². The molecule has 1 aliphatic heterocycles. The summed E-state index contributed by atoms with van der Waals surface area (Å²) >= 11 is 0. The molecular weight excluding hydrogens is 132 g/mol. The Hall–Kier alpha value is -0.120. The molecule has 10 heavy (non-hydrogen) atoms. The quantitative estimate of drug-likeness (QED) is 0.424. The molecule has 0 N–H and O–H groups in total. The zero-order chi connectivity index (χ0) is 7.40. The Morgan fingerprint density at radius 2 is 2.30 bits per heavy atom. The molecule has 1 rings (SSSR count). The van der Waals surface area contributed by atoms with Crippen LogP contribution in [-0.4, -0.2) is 32.2 Å². The Labute approximate surface area is 61.3 Å². The van der Waals surface area contributed by atoms with Gasteiger partial charge in [0.15, 0.2) is 6.29 Å². The van der Waals surface area contributed by atoms with Gasteiger partial charge in [0.1, 0.15) is 6.10 Å². The van der Waals surface area contributed by atoms with Gasteiger partial charge in [0.25, 0.3) is 0 Å². The van der Waals surface area contributed by atoms with Gasteiger partial charge in [-0.2, -0.15) is 0 Å². The summed E-state index contributed by atoms with van der Waals surface area (Å²) in [5, 5.41) is 0. The molecule has 1 saturated heterocycles. The van der Waals surface area contributed by atoms with E-state index in [1.807, 2.05) is 13.8 Å². The van der Waals surface area contributed by atoms with Crippen molar-refractivity contribution in [2.45, 2.75) is 26.2 Å². The summed E-state index contributed by atoms with van der Waals surface area (Å²) in [4.78, 5) is 0. The lowest BCUT2D eigenvalue weighted by atomic mass is 10.5. The van der Waals surface area contributed by atoms with Crippen LogP contribution in [0.2, 0.25) is 0 Å². The smallest absolute Gasteiger partial charge is 0.154 e. The van der Waals surface area contributed by atoms with E-state index in [2.05, 4.69) is 0 Å². The lowest BCUT2D eigenvalue weighted by Gasteiger charge is -2.10. The van der Waals surface area contributed by atoms with Gasteiger partial charge in [-0.1, -0.05) is 0 Å². The fraction of sp³-hybridized carbons (Fsp3) is 1.00. The summed E-state index contributed by atoms with van der Waals surface area (Å²) in [6, 6.07) is 0. The fourth-order valence-corrected chi connectivity index (χ4v) is 0.690. The Balaban J connectivity index is 1.89. The molecule has 0 spiro atoms. The highest BCUT2D eigenvalue weighted by molar-refractivity contribution is 4.67. The predicted molar refractivity (Wildman–Crippen MR) is 36.8 cm³/mol. The zero-order valence-corrected chi connectivity index (χ0v) is 6.50. The average molecular weight is 146 g/mol. The van der Waals surface area contributed by atoms with E-state index in [0.29, 0.717) is 19.3 Å². The topological polar surface area (TPSA) is 31.0 Å². The summed E-state index contributed by atoms with van der Waals surface area (Å²) in [5.74, 6) is 0. The molecule has 60 valence electrons. The van der Waals surface area contributed by atoms with Crippen LogP contribution in [-0.2, 0) is 14.2 Å². The van der Waals surface area contributed by atoms with Crippen LogP contribution < -0.4 is 0 Å². The Morgan fingerprint density at radius 1 is 1.60 bits per heavy atom. The zero-order valence-electron chi connectivity index (χ0n) is 6.50. The third-order valence-electron chi connectivity index (χ3n) is 1.32. The van der Waals surface area contributed by atoms with Crippen molar-refractivity contribution in [2.24, 2.45) is 0 Å². The minimum Gasteiger partial charge on any atom is -0.371 e. The number of hydrogen-bond donors (Lipinski definition) is 0. The van der Waals surface area contributed by atoms with E-state index in [-0.39, 0.29) is 6.29 Å². The summed E-state index contributed by atoms with van der Waals surface area (Å²) in [7, 11) is 0. The molecule has 0 aromatic carbocycles. The minimum atomic E-state index is -0.0887. The van der Waals surface area contributed by atoms with Crippen molar-refractivity contribution >= 4 is 0 Å². The lowest BCUT2D eigenvalue weighted by Crippen LogP contribution is -2.15. The lowest BCUT2D eigenvalue weighted by molar-refractivity contribution is -0.129. The van der Waals surface area contributed by atoms with Crippen LogP contribution in [0.3, 0.4) is 0 Å². The van der Waals surface area contributed by atoms with Gasteiger partial charge in [-0.25, -0.2) is 0 Å². The predicted octanol–water partition coefficient (Wildman–Crippen LogP) is 0.784. The van der Waals surface area contributed by atoms with Crippen molar-refractivity contribution in [3.63, 3.8) is 0 Å². The van der Waals surface area contributed by atoms with Crippen molar-refractivity contribution in [2.75, 3.05) is 19.8 Å². The van der Waals surface area contributed by atoms with E-state index in [1.165, 1.54) is 0 Å². The minimum absolute atomic E-state index is 0.0887. The van der Waals surface area contributed by atoms with Crippen molar-refractivity contribution in [1.82, 2.24) is 0 Å². The maximum atomic E-state index is 5.26. The molecule has 1 fully saturated rings. The Bertz CT molecular complexity index is 90.9. The van der Waals surface area contributed by atoms with Crippen LogP contribution in [0.15, 0.2) is 0 Å². The van der Waals surface area contributed by atoms with Gasteiger partial charge in [-0.05, 0) is 13.8 Å². The van der Waals surface area contributed by atoms with Crippen molar-refractivity contribution in [3.8, 4) is 0 Å². The molecule has 2 atom stereocenters. The Morgan fingerprint density at radius 3 is 2.80 bits per heavy atom. The van der Waals surface area contributed by atoms with Crippen LogP contribution in [0, 0.1) is 0 Å². The summed E-state index contributed by atoms with van der Waals surface area (Å²) < 4.78 is 15.4. The summed E-state index contributed by atoms with van der Waals surface area (Å²) in [5.41, 5.74) is 0. The highest BCUT2D eigenvalue weighted by Gasteiger charge is 2.23. The molecule has 0 saturated carbocycles. The molecule has 1 aliphatic rings. The normalized spacial score (nSPS) is 26.4. The van der Waals surface area contributed by atoms with Gasteiger partial charge in [0.05, 0.1) is 13.2 Å². The second-order valence-electron chi connectivity index (χ2n) is 2.31. The molecule has 0 amide bonds. The van der Waals surface area contributed by atoms with Gasteiger partial charge in [-0.15, -0.1) is 0 Å². The van der Waals surface area contributed by atoms with Gasteiger partial charge >= 0.3 is 0 Å². The first-order valence-electron chi connectivity index (χ1n) is 3.67. The maximum absolute atomic E-state index is 5.26. The molecule has 0 radical (unpaired) electrons. The second-order valence-corrected chi connectivity index (χ2v) is 2.31. The summed E-state index contributed by atoms with van der Waals surface area (Å²) in [6.45, 7) is 6.06. The van der Waals surface area contributed by atoms with E-state index >= 15 is 0 Å². The van der Waals surface area contributed by atoms with Crippen LogP contribution in [0.25, 0.3) is 0 Å². The van der Waals surface area contributed by atoms with E-state index in [4.69, 9.17) is 14.2 Å². The molecule has 3 nitrogen and oxygen atoms in total. The first-order chi connectivity index (χ1) is 4.83. The van der Waals surface area contributed by atoms with Crippen LogP contribution in [0.4, 0.5) is 0 Å².